The van der Waals surface area contributed by atoms with Gasteiger partial charge in [-0.25, -0.2) is 15.0 Å². The van der Waals surface area contributed by atoms with E-state index in [0.29, 0.717) is 30.1 Å². The molecule has 0 unspecified atom stereocenters. The fraction of sp³-hybridized carbons (Fsp3) is 0.368. The second-order valence-electron chi connectivity index (χ2n) is 7.29. The highest BCUT2D eigenvalue weighted by molar-refractivity contribution is 14.1. The topological polar surface area (TPSA) is 149 Å². The monoisotopic (exact) mass is 549 g/mol. The summed E-state index contributed by atoms with van der Waals surface area (Å²) in [6.07, 6.45) is -1.38. The molecule has 166 valence electrons. The zero-order valence-electron chi connectivity index (χ0n) is 16.9. The number of aliphatic hydroxyl groups is 2. The Morgan fingerprint density at radius 1 is 1.19 bits per heavy atom. The molecule has 5 rings (SSSR count). The molecule has 0 bridgehead atoms. The molecule has 32 heavy (non-hydrogen) atoms. The molecular weight excluding hydrogens is 529 g/mol. The number of aromatic nitrogens is 8. The third-order valence-corrected chi connectivity index (χ3v) is 5.90. The van der Waals surface area contributed by atoms with E-state index in [-0.39, 0.29) is 5.82 Å². The Bertz CT molecular complexity index is 1250. The minimum atomic E-state index is -1.23. The van der Waals surface area contributed by atoms with Crippen LogP contribution in [0.25, 0.3) is 11.2 Å². The summed E-state index contributed by atoms with van der Waals surface area (Å²) in [6, 6.07) is 8.13. The first-order chi connectivity index (χ1) is 15.5. The van der Waals surface area contributed by atoms with E-state index in [0.717, 1.165) is 9.13 Å². The number of fused-ring (bicyclic) bond motifs is 1. The van der Waals surface area contributed by atoms with Gasteiger partial charge in [-0.05, 0) is 52.4 Å². The van der Waals surface area contributed by atoms with E-state index >= 15 is 0 Å². The van der Waals surface area contributed by atoms with E-state index in [1.807, 2.05) is 25.1 Å². The van der Waals surface area contributed by atoms with E-state index in [4.69, 9.17) is 4.74 Å². The predicted octanol–water partition coefficient (Wildman–Crippen LogP) is 1.04. The fourth-order valence-corrected chi connectivity index (χ4v) is 4.21. The van der Waals surface area contributed by atoms with Gasteiger partial charge in [-0.1, -0.05) is 12.1 Å². The second-order valence-corrected chi connectivity index (χ2v) is 8.54. The molecule has 12 nitrogen and oxygen atoms in total. The van der Waals surface area contributed by atoms with Gasteiger partial charge in [0, 0.05) is 10.1 Å². The van der Waals surface area contributed by atoms with Gasteiger partial charge in [0.05, 0.1) is 12.9 Å². The van der Waals surface area contributed by atoms with Crippen molar-refractivity contribution in [3.63, 3.8) is 0 Å². The molecule has 1 aliphatic heterocycles. The van der Waals surface area contributed by atoms with Gasteiger partial charge in [0.2, 0.25) is 5.82 Å². The number of nitrogens with one attached hydrogen (secondary N) is 1. The van der Waals surface area contributed by atoms with Gasteiger partial charge in [0.25, 0.3) is 0 Å². The van der Waals surface area contributed by atoms with E-state index in [1.165, 1.54) is 17.5 Å². The molecule has 3 N–H and O–H groups in total. The van der Waals surface area contributed by atoms with Gasteiger partial charge in [0.1, 0.15) is 18.5 Å². The lowest BCUT2D eigenvalue weighted by Gasteiger charge is -2.16. The molecule has 1 saturated heterocycles. The lowest BCUT2D eigenvalue weighted by molar-refractivity contribution is -0.0384. The lowest BCUT2D eigenvalue weighted by atomic mass is 10.1. The summed E-state index contributed by atoms with van der Waals surface area (Å²) < 4.78 is 8.65. The maximum absolute atomic E-state index is 10.7. The molecular formula is C19H20IN9O3. The average molecular weight is 549 g/mol. The quantitative estimate of drug-likeness (QED) is 0.298. The number of hydrogen-bond acceptors (Lipinski definition) is 10. The number of nitrogens with zero attached hydrogens (tertiary/aromatic N) is 8. The van der Waals surface area contributed by atoms with Gasteiger partial charge in [0.15, 0.2) is 29.3 Å². The molecule has 0 radical (unpaired) electrons. The Morgan fingerprint density at radius 3 is 2.84 bits per heavy atom. The van der Waals surface area contributed by atoms with Crippen LogP contribution in [0.3, 0.4) is 0 Å². The third kappa shape index (κ3) is 3.80. The molecule has 4 heterocycles. The summed E-state index contributed by atoms with van der Waals surface area (Å²) >= 11 is 2.27. The zero-order valence-corrected chi connectivity index (χ0v) is 19.1. The first-order valence-corrected chi connectivity index (χ1v) is 11.1. The van der Waals surface area contributed by atoms with Gasteiger partial charge < -0.3 is 20.3 Å². The molecule has 1 fully saturated rings. The average Bonchev–Trinajstić information content (AvgIpc) is 3.51. The van der Waals surface area contributed by atoms with Crippen molar-refractivity contribution in [2.75, 3.05) is 5.32 Å². The Labute approximate surface area is 195 Å². The number of hydrogen-bond donors (Lipinski definition) is 3. The van der Waals surface area contributed by atoms with Crippen molar-refractivity contribution in [1.29, 1.82) is 0 Å². The molecule has 3 aromatic heterocycles. The van der Waals surface area contributed by atoms with Crippen molar-refractivity contribution >= 4 is 39.6 Å². The SMILES string of the molecule is CCn1nnc([C@H]2O[C@@H](n3cnc4c(NCc5cccc(I)c5)ncnc43)[C@H](O)[C@@H]2O)n1. The van der Waals surface area contributed by atoms with E-state index < -0.39 is 24.5 Å². The highest BCUT2D eigenvalue weighted by Gasteiger charge is 2.47. The number of aryl methyl sites for hydroxylation is 1. The molecule has 0 amide bonds. The minimum Gasteiger partial charge on any atom is -0.387 e. The van der Waals surface area contributed by atoms with Crippen molar-refractivity contribution in [2.45, 2.75) is 44.6 Å². The van der Waals surface area contributed by atoms with E-state index in [9.17, 15) is 10.2 Å². The number of halogens is 1. The first kappa shape index (κ1) is 21.1. The van der Waals surface area contributed by atoms with Crippen molar-refractivity contribution in [3.8, 4) is 0 Å². The zero-order chi connectivity index (χ0) is 22.2. The number of tetrazole rings is 1. The number of anilines is 1. The largest absolute Gasteiger partial charge is 0.387 e. The minimum absolute atomic E-state index is 0.208. The third-order valence-electron chi connectivity index (χ3n) is 5.23. The second kappa shape index (κ2) is 8.65. The number of benzene rings is 1. The van der Waals surface area contributed by atoms with Crippen LogP contribution >= 0.6 is 22.6 Å². The Hall–Kier alpha value is -2.75. The van der Waals surface area contributed by atoms with Crippen LogP contribution in [0.2, 0.25) is 0 Å². The van der Waals surface area contributed by atoms with E-state index in [1.54, 1.807) is 4.57 Å². The Morgan fingerprint density at radius 2 is 2.06 bits per heavy atom. The summed E-state index contributed by atoms with van der Waals surface area (Å²) in [5, 5.41) is 36.5. The summed E-state index contributed by atoms with van der Waals surface area (Å²) in [5.74, 6) is 0.768. The van der Waals surface area contributed by atoms with Crippen LogP contribution in [0.1, 0.15) is 30.6 Å². The Balaban J connectivity index is 1.40. The highest BCUT2D eigenvalue weighted by atomic mass is 127. The molecule has 1 aliphatic rings. The van der Waals surface area contributed by atoms with Gasteiger partial charge >= 0.3 is 0 Å². The van der Waals surface area contributed by atoms with Crippen LogP contribution in [0.15, 0.2) is 36.9 Å². The fourth-order valence-electron chi connectivity index (χ4n) is 3.61. The summed E-state index contributed by atoms with van der Waals surface area (Å²) in [7, 11) is 0. The van der Waals surface area contributed by atoms with E-state index in [2.05, 4.69) is 64.3 Å². The summed E-state index contributed by atoms with van der Waals surface area (Å²) in [6.45, 7) is 2.97. The van der Waals surface area contributed by atoms with Crippen molar-refractivity contribution in [3.05, 3.63) is 51.9 Å². The van der Waals surface area contributed by atoms with Crippen molar-refractivity contribution in [1.82, 2.24) is 39.7 Å². The molecule has 1 aromatic carbocycles. The molecule has 4 aromatic rings. The number of rotatable bonds is 6. The maximum Gasteiger partial charge on any atom is 0.206 e. The van der Waals surface area contributed by atoms with Gasteiger partial charge in [-0.15, -0.1) is 10.2 Å². The highest BCUT2D eigenvalue weighted by Crippen LogP contribution is 2.38. The van der Waals surface area contributed by atoms with Crippen LogP contribution in [0, 0.1) is 3.57 Å². The first-order valence-electron chi connectivity index (χ1n) is 10.00. The van der Waals surface area contributed by atoms with Crippen molar-refractivity contribution in [2.24, 2.45) is 0 Å². The van der Waals surface area contributed by atoms with Gasteiger partial charge in [-0.2, -0.15) is 4.80 Å². The summed E-state index contributed by atoms with van der Waals surface area (Å²) in [5.41, 5.74) is 2.10. The normalized spacial score (nSPS) is 23.1. The maximum atomic E-state index is 10.7. The van der Waals surface area contributed by atoms with Crippen LogP contribution in [0.5, 0.6) is 0 Å². The molecule has 4 atom stereocenters. The molecule has 0 spiro atoms. The smallest absolute Gasteiger partial charge is 0.206 e. The Kier molecular flexibility index (Phi) is 5.71. The van der Waals surface area contributed by atoms with Crippen LogP contribution in [0.4, 0.5) is 5.82 Å². The van der Waals surface area contributed by atoms with Crippen LogP contribution < -0.4 is 5.32 Å². The lowest BCUT2D eigenvalue weighted by Crippen LogP contribution is -2.29. The molecule has 0 saturated carbocycles. The van der Waals surface area contributed by atoms with Crippen LogP contribution in [-0.2, 0) is 17.8 Å². The number of aliphatic hydroxyl groups excluding tert-OH is 2. The molecule has 0 aliphatic carbocycles. The predicted molar refractivity (Wildman–Crippen MR) is 120 cm³/mol. The van der Waals surface area contributed by atoms with Crippen molar-refractivity contribution < 1.29 is 14.9 Å². The number of ether oxygens (including phenoxy) is 1. The molecule has 13 heteroatoms. The van der Waals surface area contributed by atoms with Gasteiger partial charge in [-0.3, -0.25) is 4.57 Å². The van der Waals surface area contributed by atoms with Crippen LogP contribution in [-0.4, -0.2) is 62.1 Å². The standard InChI is InChI=1S/C19H20IN9O3/c1-2-29-26-17(25-27-29)15-13(30)14(31)19(32-15)28-9-24-12-16(22-8-23-18(12)28)21-7-10-4-3-5-11(20)6-10/h3-6,8-9,13-15,19,30-31H,2,7H2,1H3,(H,21,22,23)/t13-,14+,15-,19+/m0/s1. The number of imidazole rings is 1. The summed E-state index contributed by atoms with van der Waals surface area (Å²) in [4.78, 5) is 14.4.